The predicted octanol–water partition coefficient (Wildman–Crippen LogP) is 2.83. The van der Waals surface area contributed by atoms with Crippen molar-refractivity contribution in [2.45, 2.75) is 26.3 Å². The first-order valence-corrected chi connectivity index (χ1v) is 6.52. The number of unbranched alkanes of at least 4 members (excludes halogenated alkanes) is 1. The van der Waals surface area contributed by atoms with E-state index in [1.165, 1.54) is 11.3 Å². The van der Waals surface area contributed by atoms with Crippen molar-refractivity contribution in [1.29, 1.82) is 0 Å². The zero-order valence-electron chi connectivity index (χ0n) is 9.29. The number of thiophene rings is 1. The first-order valence-electron chi connectivity index (χ1n) is 5.33. The standard InChI is InChI=1S/C11H16ClNO2S/c1-2-3-6-15-11(14)8-13-7-9-4-5-10(12)16-9/h4-5,13H,2-3,6-8H2,1H3. The van der Waals surface area contributed by atoms with Gasteiger partial charge in [-0.1, -0.05) is 24.9 Å². The zero-order chi connectivity index (χ0) is 11.8. The number of nitrogens with one attached hydrogen (secondary N) is 1. The average Bonchev–Trinajstić information content (AvgIpc) is 2.65. The summed E-state index contributed by atoms with van der Waals surface area (Å²) in [6, 6.07) is 3.80. The van der Waals surface area contributed by atoms with Gasteiger partial charge in [-0.05, 0) is 18.6 Å². The van der Waals surface area contributed by atoms with Gasteiger partial charge < -0.3 is 10.1 Å². The molecular weight excluding hydrogens is 246 g/mol. The van der Waals surface area contributed by atoms with Gasteiger partial charge >= 0.3 is 5.97 Å². The Hall–Kier alpha value is -0.580. The second kappa shape index (κ2) is 7.65. The summed E-state index contributed by atoms with van der Waals surface area (Å²) in [4.78, 5) is 12.3. The summed E-state index contributed by atoms with van der Waals surface area (Å²) >= 11 is 7.30. The van der Waals surface area contributed by atoms with Crippen LogP contribution in [0.1, 0.15) is 24.6 Å². The number of carbonyl (C=O) groups excluding carboxylic acids is 1. The fourth-order valence-corrected chi connectivity index (χ4v) is 2.17. The van der Waals surface area contributed by atoms with Crippen LogP contribution in [0.3, 0.4) is 0 Å². The first-order chi connectivity index (χ1) is 7.72. The van der Waals surface area contributed by atoms with Crippen LogP contribution < -0.4 is 5.32 Å². The van der Waals surface area contributed by atoms with E-state index in [9.17, 15) is 4.79 Å². The highest BCUT2D eigenvalue weighted by molar-refractivity contribution is 7.16. The minimum atomic E-state index is -0.198. The van der Waals surface area contributed by atoms with Crippen molar-refractivity contribution in [1.82, 2.24) is 5.32 Å². The maximum absolute atomic E-state index is 11.2. The molecule has 0 radical (unpaired) electrons. The lowest BCUT2D eigenvalue weighted by atomic mass is 10.4. The lowest BCUT2D eigenvalue weighted by Crippen LogP contribution is -2.24. The van der Waals surface area contributed by atoms with Gasteiger partial charge in [0.25, 0.3) is 0 Å². The second-order valence-corrected chi connectivity index (χ2v) is 5.18. The lowest BCUT2D eigenvalue weighted by molar-refractivity contribution is -0.142. The number of esters is 1. The molecular formula is C11H16ClNO2S. The Balaban J connectivity index is 2.08. The molecule has 90 valence electrons. The van der Waals surface area contributed by atoms with Crippen LogP contribution in [0.2, 0.25) is 4.34 Å². The summed E-state index contributed by atoms with van der Waals surface area (Å²) in [6.07, 6.45) is 1.96. The molecule has 16 heavy (non-hydrogen) atoms. The van der Waals surface area contributed by atoms with Gasteiger partial charge in [0.15, 0.2) is 0 Å². The smallest absolute Gasteiger partial charge is 0.319 e. The van der Waals surface area contributed by atoms with Gasteiger partial charge in [0, 0.05) is 11.4 Å². The number of rotatable bonds is 7. The van der Waals surface area contributed by atoms with Crippen LogP contribution in [0.25, 0.3) is 0 Å². The van der Waals surface area contributed by atoms with E-state index < -0.39 is 0 Å². The molecule has 0 saturated carbocycles. The van der Waals surface area contributed by atoms with Crippen molar-refractivity contribution in [3.05, 3.63) is 21.3 Å². The van der Waals surface area contributed by atoms with E-state index >= 15 is 0 Å². The molecule has 1 N–H and O–H groups in total. The molecule has 0 aliphatic heterocycles. The monoisotopic (exact) mass is 261 g/mol. The van der Waals surface area contributed by atoms with Crippen LogP contribution in [-0.4, -0.2) is 19.1 Å². The van der Waals surface area contributed by atoms with E-state index in [2.05, 4.69) is 12.2 Å². The van der Waals surface area contributed by atoms with Crippen LogP contribution in [0, 0.1) is 0 Å². The van der Waals surface area contributed by atoms with Crippen LogP contribution >= 0.6 is 22.9 Å². The minimum Gasteiger partial charge on any atom is -0.465 e. The van der Waals surface area contributed by atoms with Gasteiger partial charge in [0.2, 0.25) is 0 Å². The Morgan fingerprint density at radius 3 is 3.00 bits per heavy atom. The van der Waals surface area contributed by atoms with E-state index in [0.29, 0.717) is 13.2 Å². The first kappa shape index (κ1) is 13.5. The normalized spacial score (nSPS) is 10.4. The van der Waals surface area contributed by atoms with Gasteiger partial charge in [-0.3, -0.25) is 4.79 Å². The fraction of sp³-hybridized carbons (Fsp3) is 0.545. The Morgan fingerprint density at radius 1 is 1.56 bits per heavy atom. The molecule has 1 rings (SSSR count). The summed E-state index contributed by atoms with van der Waals surface area (Å²) in [5.74, 6) is -0.198. The lowest BCUT2D eigenvalue weighted by Gasteiger charge is -2.04. The predicted molar refractivity (Wildman–Crippen MR) is 66.9 cm³/mol. The molecule has 0 unspecified atom stereocenters. The van der Waals surface area contributed by atoms with E-state index in [1.54, 1.807) is 0 Å². The number of ether oxygens (including phenoxy) is 1. The van der Waals surface area contributed by atoms with E-state index in [1.807, 2.05) is 12.1 Å². The second-order valence-electron chi connectivity index (χ2n) is 3.38. The molecule has 0 aliphatic rings. The summed E-state index contributed by atoms with van der Waals surface area (Å²) in [7, 11) is 0. The van der Waals surface area contributed by atoms with E-state index in [0.717, 1.165) is 22.1 Å². The molecule has 0 saturated heterocycles. The number of halogens is 1. The van der Waals surface area contributed by atoms with Crippen LogP contribution in [0.15, 0.2) is 12.1 Å². The Kier molecular flexibility index (Phi) is 6.45. The van der Waals surface area contributed by atoms with Crippen molar-refractivity contribution in [2.24, 2.45) is 0 Å². The molecule has 1 aromatic heterocycles. The minimum absolute atomic E-state index is 0.198. The van der Waals surface area contributed by atoms with E-state index in [4.69, 9.17) is 16.3 Å². The zero-order valence-corrected chi connectivity index (χ0v) is 10.9. The van der Waals surface area contributed by atoms with Crippen LogP contribution in [0.4, 0.5) is 0 Å². The third-order valence-corrected chi connectivity index (χ3v) is 3.19. The molecule has 0 bridgehead atoms. The van der Waals surface area contributed by atoms with Gasteiger partial charge in [0.05, 0.1) is 17.5 Å². The highest BCUT2D eigenvalue weighted by Crippen LogP contribution is 2.20. The highest BCUT2D eigenvalue weighted by Gasteiger charge is 2.02. The summed E-state index contributed by atoms with van der Waals surface area (Å²) < 4.78 is 5.77. The average molecular weight is 262 g/mol. The van der Waals surface area contributed by atoms with Gasteiger partial charge in [-0.2, -0.15) is 0 Å². The van der Waals surface area contributed by atoms with Gasteiger partial charge in [-0.25, -0.2) is 0 Å². The molecule has 0 amide bonds. The van der Waals surface area contributed by atoms with E-state index in [-0.39, 0.29) is 12.5 Å². The van der Waals surface area contributed by atoms with Crippen molar-refractivity contribution in [2.75, 3.05) is 13.2 Å². The van der Waals surface area contributed by atoms with Gasteiger partial charge in [0.1, 0.15) is 0 Å². The fourth-order valence-electron chi connectivity index (χ4n) is 1.12. The van der Waals surface area contributed by atoms with Crippen molar-refractivity contribution >= 4 is 28.9 Å². The maximum Gasteiger partial charge on any atom is 0.319 e. The highest BCUT2D eigenvalue weighted by atomic mass is 35.5. The largest absolute Gasteiger partial charge is 0.465 e. The van der Waals surface area contributed by atoms with Gasteiger partial charge in [-0.15, -0.1) is 11.3 Å². The van der Waals surface area contributed by atoms with Crippen molar-refractivity contribution in [3.63, 3.8) is 0 Å². The van der Waals surface area contributed by atoms with Crippen LogP contribution in [0.5, 0.6) is 0 Å². The topological polar surface area (TPSA) is 38.3 Å². The summed E-state index contributed by atoms with van der Waals surface area (Å²) in [5, 5.41) is 3.02. The van der Waals surface area contributed by atoms with Crippen LogP contribution in [-0.2, 0) is 16.1 Å². The molecule has 0 atom stereocenters. The number of carbonyl (C=O) groups is 1. The number of hydrogen-bond donors (Lipinski definition) is 1. The van der Waals surface area contributed by atoms with Crippen molar-refractivity contribution in [3.8, 4) is 0 Å². The molecule has 0 spiro atoms. The van der Waals surface area contributed by atoms with Crippen molar-refractivity contribution < 1.29 is 9.53 Å². The molecule has 0 aliphatic carbocycles. The SMILES string of the molecule is CCCCOC(=O)CNCc1ccc(Cl)s1. The Labute approximate surface area is 105 Å². The number of hydrogen-bond acceptors (Lipinski definition) is 4. The molecule has 1 aromatic rings. The molecule has 1 heterocycles. The molecule has 5 heteroatoms. The summed E-state index contributed by atoms with van der Waals surface area (Å²) in [5.41, 5.74) is 0. The third-order valence-electron chi connectivity index (χ3n) is 1.96. The molecule has 3 nitrogen and oxygen atoms in total. The third kappa shape index (κ3) is 5.49. The molecule has 0 fully saturated rings. The summed E-state index contributed by atoms with van der Waals surface area (Å²) in [6.45, 7) is 3.48. The quantitative estimate of drug-likeness (QED) is 0.606. The Morgan fingerprint density at radius 2 is 2.38 bits per heavy atom. The maximum atomic E-state index is 11.2. The Bertz CT molecular complexity index is 328. The molecule has 0 aromatic carbocycles.